The highest BCUT2D eigenvalue weighted by molar-refractivity contribution is 5.73. The first-order valence-corrected chi connectivity index (χ1v) is 8.35. The zero-order chi connectivity index (χ0) is 16.9. The van der Waals surface area contributed by atoms with E-state index in [1.54, 1.807) is 13.1 Å². The van der Waals surface area contributed by atoms with Crippen molar-refractivity contribution in [3.05, 3.63) is 59.8 Å². The Hall–Kier alpha value is -2.40. The van der Waals surface area contributed by atoms with Crippen molar-refractivity contribution in [3.8, 4) is 0 Å². The SMILES string of the molecule is CNc1ncccc1CN1CCN(C(C)=O)C[C@H]1c1ccccc1. The van der Waals surface area contributed by atoms with E-state index < -0.39 is 0 Å². The minimum absolute atomic E-state index is 0.146. The number of rotatable bonds is 4. The molecule has 0 saturated carbocycles. The average Bonchev–Trinajstić information content (AvgIpc) is 2.63. The molecule has 1 N–H and O–H groups in total. The van der Waals surface area contributed by atoms with Crippen LogP contribution in [0.15, 0.2) is 48.7 Å². The van der Waals surface area contributed by atoms with Crippen LogP contribution < -0.4 is 5.32 Å². The molecule has 0 radical (unpaired) electrons. The highest BCUT2D eigenvalue weighted by Gasteiger charge is 2.29. The van der Waals surface area contributed by atoms with Crippen LogP contribution in [0, 0.1) is 0 Å². The molecule has 1 fully saturated rings. The van der Waals surface area contributed by atoms with Crippen molar-refractivity contribution in [2.75, 3.05) is 32.0 Å². The van der Waals surface area contributed by atoms with E-state index in [0.717, 1.165) is 32.0 Å². The number of piperazine rings is 1. The van der Waals surface area contributed by atoms with Crippen LogP contribution in [0.1, 0.15) is 24.1 Å². The van der Waals surface area contributed by atoms with Crippen molar-refractivity contribution in [2.24, 2.45) is 0 Å². The number of nitrogens with one attached hydrogen (secondary N) is 1. The van der Waals surface area contributed by atoms with Crippen molar-refractivity contribution >= 4 is 11.7 Å². The summed E-state index contributed by atoms with van der Waals surface area (Å²) in [5.41, 5.74) is 2.43. The lowest BCUT2D eigenvalue weighted by Gasteiger charge is -2.41. The van der Waals surface area contributed by atoms with Gasteiger partial charge >= 0.3 is 0 Å². The number of hydrogen-bond donors (Lipinski definition) is 1. The molecular weight excluding hydrogens is 300 g/mol. The summed E-state index contributed by atoms with van der Waals surface area (Å²) >= 11 is 0. The second-order valence-electron chi connectivity index (χ2n) is 6.12. The second kappa shape index (κ2) is 7.45. The van der Waals surface area contributed by atoms with E-state index in [4.69, 9.17) is 0 Å². The van der Waals surface area contributed by atoms with Crippen LogP contribution in [0.2, 0.25) is 0 Å². The Morgan fingerprint density at radius 2 is 2.00 bits per heavy atom. The first-order chi connectivity index (χ1) is 11.7. The van der Waals surface area contributed by atoms with Gasteiger partial charge in [-0.25, -0.2) is 4.98 Å². The molecule has 0 bridgehead atoms. The first-order valence-electron chi connectivity index (χ1n) is 8.35. The lowest BCUT2D eigenvalue weighted by Crippen LogP contribution is -2.49. The summed E-state index contributed by atoms with van der Waals surface area (Å²) in [6.07, 6.45) is 1.80. The molecule has 3 rings (SSSR count). The fraction of sp³-hybridized carbons (Fsp3) is 0.368. The highest BCUT2D eigenvalue weighted by atomic mass is 16.2. The molecule has 1 atom stereocenters. The molecule has 1 aliphatic rings. The molecule has 126 valence electrons. The summed E-state index contributed by atoms with van der Waals surface area (Å²) in [6.45, 7) is 4.83. The van der Waals surface area contributed by atoms with E-state index in [1.807, 2.05) is 24.1 Å². The van der Waals surface area contributed by atoms with Gasteiger partial charge in [-0.2, -0.15) is 0 Å². The van der Waals surface area contributed by atoms with Gasteiger partial charge in [-0.1, -0.05) is 36.4 Å². The summed E-state index contributed by atoms with van der Waals surface area (Å²) in [7, 11) is 1.90. The topological polar surface area (TPSA) is 48.5 Å². The maximum atomic E-state index is 11.8. The van der Waals surface area contributed by atoms with E-state index in [-0.39, 0.29) is 11.9 Å². The van der Waals surface area contributed by atoms with E-state index >= 15 is 0 Å². The van der Waals surface area contributed by atoms with E-state index in [1.165, 1.54) is 11.1 Å². The number of benzene rings is 1. The van der Waals surface area contributed by atoms with Crippen molar-refractivity contribution < 1.29 is 4.79 Å². The Bertz CT molecular complexity index is 689. The Morgan fingerprint density at radius 1 is 1.21 bits per heavy atom. The third-order valence-electron chi connectivity index (χ3n) is 4.62. The quantitative estimate of drug-likeness (QED) is 0.939. The molecule has 1 aliphatic heterocycles. The van der Waals surface area contributed by atoms with Crippen LogP contribution in [-0.2, 0) is 11.3 Å². The minimum Gasteiger partial charge on any atom is -0.373 e. The number of nitrogens with zero attached hydrogens (tertiary/aromatic N) is 3. The minimum atomic E-state index is 0.146. The molecule has 1 saturated heterocycles. The smallest absolute Gasteiger partial charge is 0.219 e. The van der Waals surface area contributed by atoms with Crippen LogP contribution in [0.4, 0.5) is 5.82 Å². The zero-order valence-corrected chi connectivity index (χ0v) is 14.3. The summed E-state index contributed by atoms with van der Waals surface area (Å²) in [5.74, 6) is 1.06. The summed E-state index contributed by atoms with van der Waals surface area (Å²) < 4.78 is 0. The first kappa shape index (κ1) is 16.5. The number of pyridine rings is 1. The van der Waals surface area contributed by atoms with Gasteiger partial charge in [0.1, 0.15) is 5.82 Å². The van der Waals surface area contributed by atoms with Crippen LogP contribution in [0.25, 0.3) is 0 Å². The van der Waals surface area contributed by atoms with Crippen LogP contribution in [-0.4, -0.2) is 47.4 Å². The fourth-order valence-corrected chi connectivity index (χ4v) is 3.30. The third kappa shape index (κ3) is 3.57. The predicted octanol–water partition coefficient (Wildman–Crippen LogP) is 2.53. The Balaban J connectivity index is 1.86. The molecule has 2 aromatic rings. The largest absolute Gasteiger partial charge is 0.373 e. The van der Waals surface area contributed by atoms with Crippen LogP contribution in [0.5, 0.6) is 0 Å². The molecule has 0 unspecified atom stereocenters. The lowest BCUT2D eigenvalue weighted by molar-refractivity contribution is -0.132. The zero-order valence-electron chi connectivity index (χ0n) is 14.3. The maximum absolute atomic E-state index is 11.8. The molecule has 5 heteroatoms. The molecule has 24 heavy (non-hydrogen) atoms. The Morgan fingerprint density at radius 3 is 2.71 bits per heavy atom. The Kier molecular flexibility index (Phi) is 5.11. The highest BCUT2D eigenvalue weighted by Crippen LogP contribution is 2.28. The molecule has 0 aliphatic carbocycles. The van der Waals surface area contributed by atoms with Gasteiger partial charge in [0.25, 0.3) is 0 Å². The van der Waals surface area contributed by atoms with Gasteiger partial charge in [0.05, 0.1) is 6.04 Å². The molecule has 1 aromatic carbocycles. The number of carbonyl (C=O) groups excluding carboxylic acids is 1. The van der Waals surface area contributed by atoms with E-state index in [2.05, 4.69) is 45.5 Å². The van der Waals surface area contributed by atoms with Crippen molar-refractivity contribution in [1.29, 1.82) is 0 Å². The van der Waals surface area contributed by atoms with E-state index in [9.17, 15) is 4.79 Å². The number of hydrogen-bond acceptors (Lipinski definition) is 4. The number of aromatic nitrogens is 1. The monoisotopic (exact) mass is 324 g/mol. The molecular formula is C19H24N4O. The second-order valence-corrected chi connectivity index (χ2v) is 6.12. The summed E-state index contributed by atoms with van der Waals surface area (Å²) in [4.78, 5) is 20.6. The molecule has 1 aromatic heterocycles. The van der Waals surface area contributed by atoms with Crippen LogP contribution in [0.3, 0.4) is 0 Å². The summed E-state index contributed by atoms with van der Waals surface area (Å²) in [6, 6.07) is 14.7. The van der Waals surface area contributed by atoms with Crippen molar-refractivity contribution in [3.63, 3.8) is 0 Å². The average molecular weight is 324 g/mol. The van der Waals surface area contributed by atoms with Crippen LogP contribution >= 0.6 is 0 Å². The van der Waals surface area contributed by atoms with Gasteiger partial charge in [0.15, 0.2) is 0 Å². The summed E-state index contributed by atoms with van der Waals surface area (Å²) in [5, 5.41) is 3.16. The molecule has 5 nitrogen and oxygen atoms in total. The molecule has 0 spiro atoms. The van der Waals surface area contributed by atoms with Gasteiger partial charge < -0.3 is 10.2 Å². The normalized spacial score (nSPS) is 18.4. The number of anilines is 1. The molecule has 2 heterocycles. The lowest BCUT2D eigenvalue weighted by atomic mass is 10.0. The van der Waals surface area contributed by atoms with Gasteiger partial charge in [0.2, 0.25) is 5.91 Å². The van der Waals surface area contributed by atoms with Gasteiger partial charge in [-0.15, -0.1) is 0 Å². The van der Waals surface area contributed by atoms with Crippen molar-refractivity contribution in [1.82, 2.24) is 14.8 Å². The van der Waals surface area contributed by atoms with E-state index in [0.29, 0.717) is 0 Å². The predicted molar refractivity (Wildman–Crippen MR) is 95.6 cm³/mol. The molecule has 1 amide bonds. The number of carbonyl (C=O) groups is 1. The number of amides is 1. The Labute approximate surface area is 143 Å². The third-order valence-corrected chi connectivity index (χ3v) is 4.62. The van der Waals surface area contributed by atoms with Crippen molar-refractivity contribution in [2.45, 2.75) is 19.5 Å². The maximum Gasteiger partial charge on any atom is 0.219 e. The van der Waals surface area contributed by atoms with Gasteiger partial charge in [-0.3, -0.25) is 9.69 Å². The fourth-order valence-electron chi connectivity index (χ4n) is 3.30. The standard InChI is InChI=1S/C19H24N4O/c1-15(24)22-11-12-23(13-17-9-6-10-21-19(17)20-2)18(14-22)16-7-4-3-5-8-16/h3-10,18H,11-14H2,1-2H3,(H,20,21)/t18-/m0/s1. The van der Waals surface area contributed by atoms with Gasteiger partial charge in [0, 0.05) is 51.9 Å². The van der Waals surface area contributed by atoms with Gasteiger partial charge in [-0.05, 0) is 11.6 Å².